The third kappa shape index (κ3) is 9.89. The molecule has 0 bridgehead atoms. The molecule has 160 valence electrons. The summed E-state index contributed by atoms with van der Waals surface area (Å²) in [6, 6.07) is 15.7. The van der Waals surface area contributed by atoms with E-state index in [0.717, 1.165) is 23.7 Å². The quantitative estimate of drug-likeness (QED) is 0.432. The molecule has 1 aliphatic rings. The molecule has 0 aliphatic heterocycles. The number of benzene rings is 2. The molecule has 1 fully saturated rings. The normalized spacial score (nSPS) is 13.9. The van der Waals surface area contributed by atoms with Crippen molar-refractivity contribution in [1.29, 1.82) is 0 Å². The number of hydrogen-bond acceptors (Lipinski definition) is 4. The molecule has 0 unspecified atom stereocenters. The number of aldehydes is 1. The van der Waals surface area contributed by atoms with Crippen LogP contribution in [0.4, 0.5) is 0 Å². The summed E-state index contributed by atoms with van der Waals surface area (Å²) < 4.78 is 10.7. The van der Waals surface area contributed by atoms with Gasteiger partial charge in [0.2, 0.25) is 0 Å². The Bertz CT molecular complexity index is 682. The fourth-order valence-corrected chi connectivity index (χ4v) is 3.28. The average molecular weight is 417 g/mol. The van der Waals surface area contributed by atoms with Crippen LogP contribution in [0.1, 0.15) is 74.7 Å². The summed E-state index contributed by atoms with van der Waals surface area (Å²) in [5, 5.41) is 0. The van der Waals surface area contributed by atoms with E-state index in [1.165, 1.54) is 37.7 Å². The molecule has 0 spiro atoms. The number of carbonyl (C=O) groups excluding carboxylic acids is 1. The lowest BCUT2D eigenvalue weighted by atomic mass is 9.84. The lowest BCUT2D eigenvalue weighted by molar-refractivity contribution is 0.112. The van der Waals surface area contributed by atoms with Crippen LogP contribution >= 0.6 is 12.6 Å². The van der Waals surface area contributed by atoms with Gasteiger partial charge >= 0.3 is 0 Å². The average Bonchev–Trinajstić information content (AvgIpc) is 2.76. The van der Waals surface area contributed by atoms with Crippen LogP contribution in [0.2, 0.25) is 0 Å². The van der Waals surface area contributed by atoms with Gasteiger partial charge in [-0.2, -0.15) is 12.6 Å². The van der Waals surface area contributed by atoms with E-state index in [4.69, 9.17) is 9.47 Å². The molecule has 0 aromatic heterocycles. The van der Waals surface area contributed by atoms with Gasteiger partial charge in [0.25, 0.3) is 0 Å². The fourth-order valence-electron chi connectivity index (χ4n) is 3.28. The van der Waals surface area contributed by atoms with E-state index in [1.807, 2.05) is 20.8 Å². The zero-order valence-electron chi connectivity index (χ0n) is 18.5. The Labute approximate surface area is 182 Å². The van der Waals surface area contributed by atoms with Crippen molar-refractivity contribution in [3.05, 3.63) is 59.7 Å². The van der Waals surface area contributed by atoms with Gasteiger partial charge in [0.05, 0.1) is 7.11 Å². The molecule has 3 nitrogen and oxygen atoms in total. The molecular formula is C25H36O3S. The van der Waals surface area contributed by atoms with Crippen molar-refractivity contribution in [3.63, 3.8) is 0 Å². The standard InChI is InChI=1S/C13H18O.C11H14O2.CH4S/c1-14-13-9-7-12(8-10-13)11-5-3-2-4-6-11;1-11(2,3)13-10-6-4-9(8-12)5-7-10;1-2/h7-11H,2-6H2,1H3;4-8H,1-3H3;2H,1H3. The van der Waals surface area contributed by atoms with Crippen molar-refractivity contribution in [3.8, 4) is 11.5 Å². The molecule has 0 atom stereocenters. The van der Waals surface area contributed by atoms with Gasteiger partial charge in [-0.3, -0.25) is 4.79 Å². The van der Waals surface area contributed by atoms with Gasteiger partial charge in [0.1, 0.15) is 23.4 Å². The Kier molecular flexibility index (Phi) is 11.5. The molecule has 0 heterocycles. The van der Waals surface area contributed by atoms with Crippen LogP contribution in [0.3, 0.4) is 0 Å². The van der Waals surface area contributed by atoms with Gasteiger partial charge < -0.3 is 9.47 Å². The van der Waals surface area contributed by atoms with Crippen LogP contribution in [-0.2, 0) is 0 Å². The van der Waals surface area contributed by atoms with Gasteiger partial charge in [-0.25, -0.2) is 0 Å². The lowest BCUT2D eigenvalue weighted by Gasteiger charge is -2.21. The van der Waals surface area contributed by atoms with E-state index in [1.54, 1.807) is 37.6 Å². The maximum Gasteiger partial charge on any atom is 0.150 e. The second kappa shape index (κ2) is 13.3. The van der Waals surface area contributed by atoms with Gasteiger partial charge in [-0.15, -0.1) is 0 Å². The molecule has 3 rings (SSSR count). The zero-order chi connectivity index (χ0) is 21.7. The number of ether oxygens (including phenoxy) is 2. The Morgan fingerprint density at radius 1 is 0.862 bits per heavy atom. The van der Waals surface area contributed by atoms with Crippen LogP contribution in [0.15, 0.2) is 48.5 Å². The molecular weight excluding hydrogens is 380 g/mol. The van der Waals surface area contributed by atoms with E-state index < -0.39 is 0 Å². The molecule has 0 saturated heterocycles. The third-order valence-electron chi connectivity index (χ3n) is 4.63. The first kappa shape index (κ1) is 25.1. The van der Waals surface area contributed by atoms with Gasteiger partial charge in [0, 0.05) is 5.56 Å². The highest BCUT2D eigenvalue weighted by Crippen LogP contribution is 2.33. The van der Waals surface area contributed by atoms with Crippen molar-refractivity contribution in [2.75, 3.05) is 13.4 Å². The van der Waals surface area contributed by atoms with E-state index >= 15 is 0 Å². The van der Waals surface area contributed by atoms with Crippen molar-refractivity contribution >= 4 is 18.9 Å². The van der Waals surface area contributed by atoms with E-state index in [2.05, 4.69) is 36.9 Å². The van der Waals surface area contributed by atoms with Crippen LogP contribution in [-0.4, -0.2) is 25.3 Å². The summed E-state index contributed by atoms with van der Waals surface area (Å²) >= 11 is 3.53. The Morgan fingerprint density at radius 2 is 1.38 bits per heavy atom. The highest BCUT2D eigenvalue weighted by Gasteiger charge is 2.15. The summed E-state index contributed by atoms with van der Waals surface area (Å²) in [5.41, 5.74) is 1.97. The Morgan fingerprint density at radius 3 is 1.83 bits per heavy atom. The maximum absolute atomic E-state index is 10.4. The smallest absolute Gasteiger partial charge is 0.150 e. The summed E-state index contributed by atoms with van der Waals surface area (Å²) in [6.45, 7) is 5.96. The Balaban J connectivity index is 0.000000268. The zero-order valence-corrected chi connectivity index (χ0v) is 19.4. The molecule has 29 heavy (non-hydrogen) atoms. The minimum atomic E-state index is -0.192. The second-order valence-corrected chi connectivity index (χ2v) is 8.01. The topological polar surface area (TPSA) is 35.5 Å². The van der Waals surface area contributed by atoms with Crippen LogP contribution in [0, 0.1) is 0 Å². The monoisotopic (exact) mass is 416 g/mol. The largest absolute Gasteiger partial charge is 0.497 e. The SMILES string of the molecule is CC(C)(C)Oc1ccc(C=O)cc1.COc1ccc(C2CCCCC2)cc1.CS. The molecule has 0 radical (unpaired) electrons. The van der Waals surface area contributed by atoms with Crippen LogP contribution in [0.5, 0.6) is 11.5 Å². The van der Waals surface area contributed by atoms with Crippen molar-refractivity contribution in [2.45, 2.75) is 64.4 Å². The minimum Gasteiger partial charge on any atom is -0.497 e. The van der Waals surface area contributed by atoms with E-state index in [0.29, 0.717) is 5.56 Å². The molecule has 0 N–H and O–H groups in total. The number of carbonyl (C=O) groups is 1. The highest BCUT2D eigenvalue weighted by atomic mass is 32.1. The summed E-state index contributed by atoms with van der Waals surface area (Å²) in [6.07, 6.45) is 9.47. The number of rotatable bonds is 4. The molecule has 4 heteroatoms. The first-order chi connectivity index (χ1) is 13.9. The summed E-state index contributed by atoms with van der Waals surface area (Å²) in [5.74, 6) is 2.55. The molecule has 2 aromatic carbocycles. The number of methoxy groups -OCH3 is 1. The third-order valence-corrected chi connectivity index (χ3v) is 4.63. The Hall–Kier alpha value is -1.94. The van der Waals surface area contributed by atoms with Gasteiger partial charge in [-0.05, 0) is 87.7 Å². The van der Waals surface area contributed by atoms with Gasteiger partial charge in [-0.1, -0.05) is 31.4 Å². The number of hydrogen-bond donors (Lipinski definition) is 1. The highest BCUT2D eigenvalue weighted by molar-refractivity contribution is 7.79. The molecule has 0 amide bonds. The molecule has 1 saturated carbocycles. The minimum absolute atomic E-state index is 0.192. The number of thiol groups is 1. The first-order valence-electron chi connectivity index (χ1n) is 10.2. The van der Waals surface area contributed by atoms with Crippen LogP contribution in [0.25, 0.3) is 0 Å². The summed E-state index contributed by atoms with van der Waals surface area (Å²) in [7, 11) is 1.72. The van der Waals surface area contributed by atoms with Gasteiger partial charge in [0.15, 0.2) is 0 Å². The second-order valence-electron chi connectivity index (χ2n) is 8.01. The predicted octanol–water partition coefficient (Wildman–Crippen LogP) is 6.97. The van der Waals surface area contributed by atoms with E-state index in [9.17, 15) is 4.79 Å². The fraction of sp³-hybridized carbons (Fsp3) is 0.480. The molecule has 2 aromatic rings. The van der Waals surface area contributed by atoms with E-state index in [-0.39, 0.29) is 5.60 Å². The lowest BCUT2D eigenvalue weighted by Crippen LogP contribution is -2.22. The van der Waals surface area contributed by atoms with Crippen molar-refractivity contribution in [2.24, 2.45) is 0 Å². The van der Waals surface area contributed by atoms with Crippen LogP contribution < -0.4 is 9.47 Å². The maximum atomic E-state index is 10.4. The molecule has 1 aliphatic carbocycles. The summed E-state index contributed by atoms with van der Waals surface area (Å²) in [4.78, 5) is 10.4. The van der Waals surface area contributed by atoms with Crippen molar-refractivity contribution < 1.29 is 14.3 Å². The van der Waals surface area contributed by atoms with Crippen molar-refractivity contribution in [1.82, 2.24) is 0 Å². The first-order valence-corrected chi connectivity index (χ1v) is 11.1. The predicted molar refractivity (Wildman–Crippen MR) is 126 cm³/mol.